The number of ether oxygens (including phenoxy) is 1. The second-order valence-corrected chi connectivity index (χ2v) is 8.20. The van der Waals surface area contributed by atoms with Crippen LogP contribution in [0.3, 0.4) is 0 Å². The quantitative estimate of drug-likeness (QED) is 0.320. The van der Waals surface area contributed by atoms with Crippen LogP contribution in [-0.2, 0) is 23.9 Å². The first-order valence-electron chi connectivity index (χ1n) is 11.2. The van der Waals surface area contributed by atoms with Crippen molar-refractivity contribution in [3.8, 4) is 0 Å². The molecule has 0 amide bonds. The summed E-state index contributed by atoms with van der Waals surface area (Å²) in [6.07, 6.45) is -3.05. The van der Waals surface area contributed by atoms with Crippen molar-refractivity contribution < 1.29 is 36.9 Å². The normalized spacial score (nSPS) is 13.6. The number of carbonyl (C=O) groups excluding carboxylic acids is 2. The predicted octanol–water partition coefficient (Wildman–Crippen LogP) is 3.01. The average molecular weight is 508 g/mol. The molecule has 0 bridgehead atoms. The van der Waals surface area contributed by atoms with E-state index in [0.717, 1.165) is 22.6 Å². The zero-order chi connectivity index (χ0) is 26.2. The van der Waals surface area contributed by atoms with E-state index in [0.29, 0.717) is 31.2 Å². The molecule has 0 atom stereocenters. The van der Waals surface area contributed by atoms with Gasteiger partial charge in [0.05, 0.1) is 19.2 Å². The van der Waals surface area contributed by atoms with Crippen molar-refractivity contribution in [2.45, 2.75) is 51.7 Å². The molecule has 0 N–H and O–H groups in total. The number of methoxy groups -OCH3 is 1. The minimum Gasteiger partial charge on any atom is -0.464 e. The molecule has 2 heterocycles. The van der Waals surface area contributed by atoms with E-state index in [4.69, 9.17) is 9.36 Å². The number of alkyl halides is 3. The van der Waals surface area contributed by atoms with Crippen LogP contribution < -0.4 is 10.5 Å². The first kappa shape index (κ1) is 25.2. The summed E-state index contributed by atoms with van der Waals surface area (Å²) in [6, 6.07) is 2.75. The van der Waals surface area contributed by atoms with Gasteiger partial charge in [0.25, 0.3) is 0 Å². The molecule has 192 valence electrons. The highest BCUT2D eigenvalue weighted by Crippen LogP contribution is 2.43. The monoisotopic (exact) mass is 508 g/mol. The maximum Gasteiger partial charge on any atom is 0.416 e. The summed E-state index contributed by atoms with van der Waals surface area (Å²) in [5.41, 5.74) is -2.73. The van der Waals surface area contributed by atoms with E-state index in [9.17, 15) is 27.6 Å². The minimum atomic E-state index is -4.78. The fourth-order valence-corrected chi connectivity index (χ4v) is 3.79. The Kier molecular flexibility index (Phi) is 6.74. The van der Waals surface area contributed by atoms with Crippen molar-refractivity contribution in [2.75, 3.05) is 13.7 Å². The van der Waals surface area contributed by atoms with Crippen molar-refractivity contribution in [2.24, 2.45) is 0 Å². The van der Waals surface area contributed by atoms with Crippen LogP contribution in [0.1, 0.15) is 81.7 Å². The van der Waals surface area contributed by atoms with Crippen LogP contribution in [0.4, 0.5) is 13.2 Å². The Labute approximate surface area is 202 Å². The minimum absolute atomic E-state index is 0.00289. The molecule has 4 rings (SSSR count). The van der Waals surface area contributed by atoms with Crippen molar-refractivity contribution >= 4 is 11.8 Å². The summed E-state index contributed by atoms with van der Waals surface area (Å²) in [5, 5.41) is 7.78. The molecule has 0 radical (unpaired) electrons. The average Bonchev–Trinajstić information content (AvgIpc) is 3.53. The summed E-state index contributed by atoms with van der Waals surface area (Å²) in [6.45, 7) is 3.26. The van der Waals surface area contributed by atoms with Crippen LogP contribution in [0.5, 0.6) is 0 Å². The summed E-state index contributed by atoms with van der Waals surface area (Å²) >= 11 is 0. The van der Waals surface area contributed by atoms with Gasteiger partial charge in [-0.05, 0) is 43.5 Å². The molecule has 3 aromatic rings. The molecule has 0 saturated heterocycles. The summed E-state index contributed by atoms with van der Waals surface area (Å²) in [4.78, 5) is 43.6. The topological polar surface area (TPSA) is 118 Å². The largest absolute Gasteiger partial charge is 0.464 e. The second-order valence-electron chi connectivity index (χ2n) is 8.20. The van der Waals surface area contributed by atoms with Gasteiger partial charge in [0.15, 0.2) is 17.4 Å². The molecule has 1 aromatic carbocycles. The number of hydrogen-bond donors (Lipinski definition) is 0. The highest BCUT2D eigenvalue weighted by Gasteiger charge is 2.38. The van der Waals surface area contributed by atoms with Crippen LogP contribution in [0.25, 0.3) is 0 Å². The van der Waals surface area contributed by atoms with Gasteiger partial charge in [-0.15, -0.1) is 4.73 Å². The number of aryl methyl sites for hydroxylation is 1. The summed E-state index contributed by atoms with van der Waals surface area (Å²) in [7, 11) is 1.09. The van der Waals surface area contributed by atoms with Gasteiger partial charge in [0, 0.05) is 17.9 Å². The highest BCUT2D eigenvalue weighted by molar-refractivity contribution is 6.14. The number of halogens is 3. The first-order chi connectivity index (χ1) is 17.1. The number of esters is 1. The van der Waals surface area contributed by atoms with E-state index < -0.39 is 34.9 Å². The predicted molar refractivity (Wildman–Crippen MR) is 117 cm³/mol. The fraction of sp³-hybridized carbons (Fsp3) is 0.435. The third kappa shape index (κ3) is 4.77. The molecular weight excluding hydrogens is 485 g/mol. The van der Waals surface area contributed by atoms with Crippen LogP contribution in [-0.4, -0.2) is 45.1 Å². The Morgan fingerprint density at radius 3 is 2.50 bits per heavy atom. The molecule has 0 spiro atoms. The second kappa shape index (κ2) is 9.63. The molecule has 1 fully saturated rings. The maximum atomic E-state index is 13.8. The van der Waals surface area contributed by atoms with Gasteiger partial charge in [-0.25, -0.2) is 14.3 Å². The van der Waals surface area contributed by atoms with Gasteiger partial charge < -0.3 is 14.1 Å². The van der Waals surface area contributed by atoms with Crippen LogP contribution in [0, 0.1) is 0 Å². The number of benzene rings is 1. The highest BCUT2D eigenvalue weighted by atomic mass is 19.4. The lowest BCUT2D eigenvalue weighted by Gasteiger charge is -2.12. The maximum absolute atomic E-state index is 13.8. The zero-order valence-electron chi connectivity index (χ0n) is 19.7. The Balaban J connectivity index is 1.80. The molecule has 36 heavy (non-hydrogen) atoms. The zero-order valence-corrected chi connectivity index (χ0v) is 19.7. The number of aromatic nitrogens is 4. The first-order valence-corrected chi connectivity index (χ1v) is 11.2. The van der Waals surface area contributed by atoms with Crippen molar-refractivity contribution in [3.63, 3.8) is 0 Å². The lowest BCUT2D eigenvalue weighted by Crippen LogP contribution is -2.30. The molecule has 0 unspecified atom stereocenters. The Morgan fingerprint density at radius 1 is 1.19 bits per heavy atom. The van der Waals surface area contributed by atoms with Crippen LogP contribution in [0.15, 0.2) is 27.5 Å². The van der Waals surface area contributed by atoms with Gasteiger partial charge in [-0.1, -0.05) is 12.1 Å². The number of nitrogens with zero attached hydrogens (tertiary/aromatic N) is 4. The molecule has 0 aliphatic heterocycles. The summed E-state index contributed by atoms with van der Waals surface area (Å²) in [5.74, 6) is -1.53. The van der Waals surface area contributed by atoms with E-state index in [2.05, 4.69) is 15.0 Å². The molecule has 1 saturated carbocycles. The van der Waals surface area contributed by atoms with Gasteiger partial charge in [0.1, 0.15) is 12.2 Å². The number of carbonyl (C=O) groups is 2. The molecule has 1 aliphatic rings. The molecule has 10 nitrogen and oxygen atoms in total. The van der Waals surface area contributed by atoms with E-state index in [-0.39, 0.29) is 41.5 Å². The summed E-state index contributed by atoms with van der Waals surface area (Å²) < 4.78 is 53.1. The smallest absolute Gasteiger partial charge is 0.416 e. The van der Waals surface area contributed by atoms with Crippen molar-refractivity contribution in [1.82, 2.24) is 19.7 Å². The van der Waals surface area contributed by atoms with Crippen LogP contribution >= 0.6 is 0 Å². The third-order valence-corrected chi connectivity index (χ3v) is 5.63. The lowest BCUT2D eigenvalue weighted by atomic mass is 9.96. The Morgan fingerprint density at radius 2 is 1.92 bits per heavy atom. The molecule has 2 aromatic heterocycles. The van der Waals surface area contributed by atoms with Gasteiger partial charge in [-0.2, -0.15) is 18.3 Å². The van der Waals surface area contributed by atoms with E-state index in [1.54, 1.807) is 13.8 Å². The standard InChI is InChI=1S/C23H23F3N4O6/c1-4-16-27-29(22(33)30(16)35-5-2)11-12-8-14(10-15(9-12)23(24,25)26)19(31)17-18(21(32)34-3)28-36-20(17)13-6-7-13/h8-10,13H,4-7,11H2,1-3H3. The van der Waals surface area contributed by atoms with Gasteiger partial charge in [-0.3, -0.25) is 4.79 Å². The van der Waals surface area contributed by atoms with Gasteiger partial charge in [0.2, 0.25) is 5.69 Å². The molecular formula is C23H23F3N4O6. The lowest BCUT2D eigenvalue weighted by molar-refractivity contribution is -0.137. The molecule has 1 aliphatic carbocycles. The van der Waals surface area contributed by atoms with Crippen molar-refractivity contribution in [1.29, 1.82) is 0 Å². The van der Waals surface area contributed by atoms with Crippen molar-refractivity contribution in [3.05, 3.63) is 68.2 Å². The SMILES string of the molecule is CCOn1c(CC)nn(Cc2cc(C(=O)c3c(C(=O)OC)noc3C3CC3)cc(C(F)(F)F)c2)c1=O. The third-order valence-electron chi connectivity index (χ3n) is 5.63. The number of hydrogen-bond acceptors (Lipinski definition) is 8. The number of ketones is 1. The van der Waals surface area contributed by atoms with E-state index in [1.165, 1.54) is 6.07 Å². The van der Waals surface area contributed by atoms with E-state index >= 15 is 0 Å². The fourth-order valence-electron chi connectivity index (χ4n) is 3.79. The Hall–Kier alpha value is -3.90. The number of rotatable bonds is 9. The van der Waals surface area contributed by atoms with E-state index in [1.807, 2.05) is 0 Å². The molecule has 13 heteroatoms. The van der Waals surface area contributed by atoms with Crippen LogP contribution in [0.2, 0.25) is 0 Å². The van der Waals surface area contributed by atoms with Gasteiger partial charge >= 0.3 is 17.8 Å². The Bertz CT molecular complexity index is 1370.